The van der Waals surface area contributed by atoms with Crippen molar-refractivity contribution in [1.82, 2.24) is 0 Å². The van der Waals surface area contributed by atoms with Crippen molar-refractivity contribution in [2.75, 3.05) is 0 Å². The Hall–Kier alpha value is -6.24. The second kappa shape index (κ2) is 16.3. The normalized spacial score (nSPS) is 14.9. The van der Waals surface area contributed by atoms with Gasteiger partial charge in [-0.2, -0.15) is 0 Å². The zero-order valence-corrected chi connectivity index (χ0v) is 36.2. The second-order valence-corrected chi connectivity index (χ2v) is 18.1. The number of hydrogen-bond donors (Lipinski definition) is 0. The van der Waals surface area contributed by atoms with E-state index in [0.29, 0.717) is 0 Å². The molecule has 8 aromatic carbocycles. The van der Waals surface area contributed by atoms with E-state index >= 15 is 0 Å². The van der Waals surface area contributed by atoms with Gasteiger partial charge in [-0.3, -0.25) is 0 Å². The van der Waals surface area contributed by atoms with Crippen molar-refractivity contribution in [3.8, 4) is 44.5 Å². The van der Waals surface area contributed by atoms with Crippen molar-refractivity contribution in [2.45, 2.75) is 83.5 Å². The summed E-state index contributed by atoms with van der Waals surface area (Å²) >= 11 is 0. The van der Waals surface area contributed by atoms with Crippen LogP contribution >= 0.6 is 0 Å². The van der Waals surface area contributed by atoms with E-state index in [1.807, 2.05) is 0 Å². The van der Waals surface area contributed by atoms with Gasteiger partial charge in [-0.1, -0.05) is 223 Å². The number of fused-ring (bicyclic) bond motifs is 6. The van der Waals surface area contributed by atoms with Gasteiger partial charge in [0.05, 0.1) is 0 Å². The van der Waals surface area contributed by atoms with Crippen molar-refractivity contribution in [3.05, 3.63) is 238 Å². The standard InChI is InChI=1S/C61H56/c1-5-7-18-41-38-42(19-8-6-2)40-48(39-41)58-50-22-12-13-23-51(50)59-49(25-16-26-54(58)59)45-32-36-47(37-33-45)57(46-34-30-44(31-35-46)43-20-10-9-11-21-43)53-27-17-29-56-60(53)52-24-14-15-28-55(52)61(56,3)4/h9-17,20-40,57-58H,5-8,18-19H2,1-4H3. The summed E-state index contributed by atoms with van der Waals surface area (Å²) in [5.74, 6) is 0.284. The molecule has 0 aromatic heterocycles. The van der Waals surface area contributed by atoms with Gasteiger partial charge in [-0.05, 0) is 126 Å². The van der Waals surface area contributed by atoms with Gasteiger partial charge in [0.15, 0.2) is 0 Å². The largest absolute Gasteiger partial charge is 0.0654 e. The Morgan fingerprint density at radius 3 is 1.67 bits per heavy atom. The Morgan fingerprint density at radius 2 is 0.984 bits per heavy atom. The Labute approximate surface area is 364 Å². The lowest BCUT2D eigenvalue weighted by molar-refractivity contribution is 0.659. The van der Waals surface area contributed by atoms with E-state index in [1.165, 1.54) is 126 Å². The Morgan fingerprint density at radius 1 is 0.443 bits per heavy atom. The van der Waals surface area contributed by atoms with E-state index in [4.69, 9.17) is 0 Å². The van der Waals surface area contributed by atoms with E-state index < -0.39 is 0 Å². The van der Waals surface area contributed by atoms with Gasteiger partial charge in [-0.25, -0.2) is 0 Å². The molecular formula is C61H56. The molecule has 0 aliphatic heterocycles. The highest BCUT2D eigenvalue weighted by Gasteiger charge is 2.38. The molecule has 61 heavy (non-hydrogen) atoms. The fourth-order valence-corrected chi connectivity index (χ4v) is 10.8. The number of rotatable bonds is 12. The van der Waals surface area contributed by atoms with E-state index in [9.17, 15) is 0 Å². The predicted octanol–water partition coefficient (Wildman–Crippen LogP) is 16.4. The van der Waals surface area contributed by atoms with Crippen molar-refractivity contribution in [1.29, 1.82) is 0 Å². The SMILES string of the molecule is CCCCc1cc(CCCC)cc(C2c3ccccc3-c3c(-c4ccc(C(c5ccc(-c6ccccc6)cc5)c5cccc6c5-c5ccccc5C6(C)C)cc4)cccc32)c1. The first kappa shape index (κ1) is 38.9. The van der Waals surface area contributed by atoms with Gasteiger partial charge in [0.2, 0.25) is 0 Å². The van der Waals surface area contributed by atoms with Crippen LogP contribution in [-0.4, -0.2) is 0 Å². The lowest BCUT2D eigenvalue weighted by Gasteiger charge is -2.25. The molecule has 0 nitrogen and oxygen atoms in total. The molecule has 0 saturated carbocycles. The molecule has 0 saturated heterocycles. The highest BCUT2D eigenvalue weighted by atomic mass is 14.4. The van der Waals surface area contributed by atoms with Crippen molar-refractivity contribution in [2.24, 2.45) is 0 Å². The fourth-order valence-electron chi connectivity index (χ4n) is 10.8. The molecule has 0 spiro atoms. The number of benzene rings is 8. The van der Waals surface area contributed by atoms with Crippen LogP contribution in [0.1, 0.15) is 121 Å². The maximum Gasteiger partial charge on any atom is 0.0352 e. The number of unbranched alkanes of at least 4 members (excludes halogenated alkanes) is 2. The van der Waals surface area contributed by atoms with Crippen LogP contribution in [0.25, 0.3) is 44.5 Å². The van der Waals surface area contributed by atoms with Crippen molar-refractivity contribution in [3.63, 3.8) is 0 Å². The molecule has 2 atom stereocenters. The number of aryl methyl sites for hydroxylation is 2. The molecule has 0 bridgehead atoms. The lowest BCUT2D eigenvalue weighted by atomic mass is 9.78. The first-order valence-corrected chi connectivity index (χ1v) is 22.8. The highest BCUT2D eigenvalue weighted by Crippen LogP contribution is 2.54. The van der Waals surface area contributed by atoms with Crippen LogP contribution in [0.3, 0.4) is 0 Å². The van der Waals surface area contributed by atoms with Crippen LogP contribution in [0, 0.1) is 0 Å². The van der Waals surface area contributed by atoms with Gasteiger partial charge >= 0.3 is 0 Å². The van der Waals surface area contributed by atoms with E-state index in [0.717, 1.165) is 12.8 Å². The van der Waals surface area contributed by atoms with Crippen molar-refractivity contribution < 1.29 is 0 Å². The predicted molar refractivity (Wildman–Crippen MR) is 259 cm³/mol. The quantitative estimate of drug-likeness (QED) is 0.108. The van der Waals surface area contributed by atoms with Crippen LogP contribution in [0.5, 0.6) is 0 Å². The summed E-state index contributed by atoms with van der Waals surface area (Å²) in [5, 5.41) is 0. The first-order chi connectivity index (χ1) is 29.9. The first-order valence-electron chi connectivity index (χ1n) is 22.8. The van der Waals surface area contributed by atoms with Crippen LogP contribution in [0.4, 0.5) is 0 Å². The van der Waals surface area contributed by atoms with Crippen LogP contribution < -0.4 is 0 Å². The summed E-state index contributed by atoms with van der Waals surface area (Å²) in [6, 6.07) is 69.5. The second-order valence-electron chi connectivity index (χ2n) is 18.1. The Bertz CT molecular complexity index is 2810. The number of hydrogen-bond acceptors (Lipinski definition) is 0. The molecule has 0 amide bonds. The summed E-state index contributed by atoms with van der Waals surface area (Å²) < 4.78 is 0. The monoisotopic (exact) mass is 788 g/mol. The molecule has 2 aliphatic carbocycles. The molecule has 0 heteroatoms. The Balaban J connectivity index is 1.09. The molecule has 10 rings (SSSR count). The minimum atomic E-state index is -0.0662. The third kappa shape index (κ3) is 6.97. The summed E-state index contributed by atoms with van der Waals surface area (Å²) in [6.07, 6.45) is 7.18. The summed E-state index contributed by atoms with van der Waals surface area (Å²) in [5.41, 5.74) is 24.6. The Kier molecular flexibility index (Phi) is 10.4. The molecule has 0 fully saturated rings. The summed E-state index contributed by atoms with van der Waals surface area (Å²) in [7, 11) is 0. The topological polar surface area (TPSA) is 0 Å². The molecule has 300 valence electrons. The van der Waals surface area contributed by atoms with Gasteiger partial charge in [0.25, 0.3) is 0 Å². The average molecular weight is 789 g/mol. The van der Waals surface area contributed by atoms with E-state index in [2.05, 4.69) is 210 Å². The molecule has 0 N–H and O–H groups in total. The molecule has 0 radical (unpaired) electrons. The smallest absolute Gasteiger partial charge is 0.0352 e. The molecular weight excluding hydrogens is 733 g/mol. The van der Waals surface area contributed by atoms with Gasteiger partial charge in [0, 0.05) is 17.3 Å². The van der Waals surface area contributed by atoms with E-state index in [-0.39, 0.29) is 17.3 Å². The minimum Gasteiger partial charge on any atom is -0.0654 e. The molecule has 2 aliphatic rings. The summed E-state index contributed by atoms with van der Waals surface area (Å²) in [4.78, 5) is 0. The van der Waals surface area contributed by atoms with Gasteiger partial charge in [0.1, 0.15) is 0 Å². The third-order valence-electron chi connectivity index (χ3n) is 13.9. The zero-order chi connectivity index (χ0) is 41.5. The zero-order valence-electron chi connectivity index (χ0n) is 36.2. The van der Waals surface area contributed by atoms with Gasteiger partial charge in [-0.15, -0.1) is 0 Å². The van der Waals surface area contributed by atoms with E-state index in [1.54, 1.807) is 0 Å². The minimum absolute atomic E-state index is 0.0595. The molecule has 8 aromatic rings. The van der Waals surface area contributed by atoms with Crippen LogP contribution in [0.2, 0.25) is 0 Å². The average Bonchev–Trinajstić information content (AvgIpc) is 3.77. The summed E-state index contributed by atoms with van der Waals surface area (Å²) in [6.45, 7) is 9.37. The highest BCUT2D eigenvalue weighted by molar-refractivity contribution is 5.92. The molecule has 0 heterocycles. The third-order valence-corrected chi connectivity index (χ3v) is 13.9. The maximum absolute atomic E-state index is 2.52. The molecule has 2 unspecified atom stereocenters. The fraction of sp³-hybridized carbons (Fsp3) is 0.213. The van der Waals surface area contributed by atoms with Crippen molar-refractivity contribution >= 4 is 0 Å². The van der Waals surface area contributed by atoms with Crippen LogP contribution in [-0.2, 0) is 18.3 Å². The van der Waals surface area contributed by atoms with Crippen LogP contribution in [0.15, 0.2) is 182 Å². The lowest BCUT2D eigenvalue weighted by Crippen LogP contribution is -2.15. The maximum atomic E-state index is 2.52. The van der Waals surface area contributed by atoms with Gasteiger partial charge < -0.3 is 0 Å².